The number of hydrogen-bond acceptors (Lipinski definition) is 2. The van der Waals surface area contributed by atoms with Crippen LogP contribution in [-0.2, 0) is 0 Å². The van der Waals surface area contributed by atoms with Crippen molar-refractivity contribution in [3.05, 3.63) is 0 Å². The van der Waals surface area contributed by atoms with E-state index in [1.54, 1.807) is 0 Å². The molecule has 82 valence electrons. The summed E-state index contributed by atoms with van der Waals surface area (Å²) in [5.74, 6) is 0. The highest BCUT2D eigenvalue weighted by Gasteiger charge is 1.88. The molecule has 0 radical (unpaired) electrons. The van der Waals surface area contributed by atoms with Gasteiger partial charge < -0.3 is 11.1 Å². The summed E-state index contributed by atoms with van der Waals surface area (Å²) >= 11 is 0. The Hall–Kier alpha value is -0.0800. The van der Waals surface area contributed by atoms with Gasteiger partial charge in [-0.1, -0.05) is 40.0 Å². The summed E-state index contributed by atoms with van der Waals surface area (Å²) < 4.78 is 0. The molecule has 0 aromatic carbocycles. The molecule has 2 nitrogen and oxygen atoms in total. The fourth-order valence-corrected chi connectivity index (χ4v) is 1.21. The van der Waals surface area contributed by atoms with Gasteiger partial charge in [-0.05, 0) is 32.5 Å². The predicted octanol–water partition coefficient (Wildman–Crippen LogP) is 2.53. The van der Waals surface area contributed by atoms with Gasteiger partial charge in [-0.3, -0.25) is 0 Å². The second-order valence-electron chi connectivity index (χ2n) is 3.31. The van der Waals surface area contributed by atoms with Crippen molar-refractivity contribution in [2.75, 3.05) is 19.6 Å². The van der Waals surface area contributed by atoms with E-state index in [4.69, 9.17) is 5.73 Å². The first-order valence-corrected chi connectivity index (χ1v) is 5.32. The van der Waals surface area contributed by atoms with E-state index < -0.39 is 0 Å². The van der Waals surface area contributed by atoms with E-state index in [9.17, 15) is 0 Å². The van der Waals surface area contributed by atoms with Gasteiger partial charge in [-0.15, -0.1) is 0 Å². The van der Waals surface area contributed by atoms with Crippen molar-refractivity contribution in [3.63, 3.8) is 0 Å². The average molecular weight is 188 g/mol. The van der Waals surface area contributed by atoms with E-state index >= 15 is 0 Å². The lowest BCUT2D eigenvalue weighted by atomic mass is 10.1. The Morgan fingerprint density at radius 1 is 0.923 bits per heavy atom. The van der Waals surface area contributed by atoms with Gasteiger partial charge in [0.15, 0.2) is 0 Å². The molecule has 0 saturated heterocycles. The molecule has 0 aromatic heterocycles. The third-order valence-electron chi connectivity index (χ3n) is 2.01. The summed E-state index contributed by atoms with van der Waals surface area (Å²) in [4.78, 5) is 0. The molecule has 0 atom stereocenters. The lowest BCUT2D eigenvalue weighted by molar-refractivity contribution is 0.576. The maximum atomic E-state index is 5.37. The van der Waals surface area contributed by atoms with Crippen molar-refractivity contribution in [1.29, 1.82) is 0 Å². The third kappa shape index (κ3) is 14.7. The van der Waals surface area contributed by atoms with Gasteiger partial charge in [0.25, 0.3) is 0 Å². The number of rotatable bonds is 9. The zero-order chi connectivity index (χ0) is 9.07. The molecule has 0 spiro atoms. The highest BCUT2D eigenvalue weighted by atomic mass is 14.8. The second-order valence-corrected chi connectivity index (χ2v) is 3.31. The van der Waals surface area contributed by atoms with Gasteiger partial charge in [0.05, 0.1) is 0 Å². The van der Waals surface area contributed by atoms with Gasteiger partial charge in [0, 0.05) is 0 Å². The van der Waals surface area contributed by atoms with Gasteiger partial charge in [0.1, 0.15) is 0 Å². The maximum Gasteiger partial charge on any atom is -0.00369 e. The van der Waals surface area contributed by atoms with Crippen molar-refractivity contribution in [2.24, 2.45) is 5.73 Å². The van der Waals surface area contributed by atoms with Crippen LogP contribution in [0.2, 0.25) is 0 Å². The largest absolute Gasteiger partial charge is 0.330 e. The van der Waals surface area contributed by atoms with Crippen LogP contribution in [0.25, 0.3) is 0 Å². The molecule has 0 unspecified atom stereocenters. The summed E-state index contributed by atoms with van der Waals surface area (Å²) in [6.45, 7) is 5.32. The molecule has 0 aliphatic rings. The Balaban J connectivity index is 0. The molecule has 0 heterocycles. The van der Waals surface area contributed by atoms with Crippen LogP contribution < -0.4 is 11.1 Å². The van der Waals surface area contributed by atoms with E-state index in [1.165, 1.54) is 38.6 Å². The Labute approximate surface area is 84.3 Å². The van der Waals surface area contributed by atoms with Crippen LogP contribution in [0.5, 0.6) is 0 Å². The minimum Gasteiger partial charge on any atom is -0.330 e. The highest BCUT2D eigenvalue weighted by Crippen LogP contribution is 2.00. The molecule has 0 fully saturated rings. The first-order chi connectivity index (χ1) is 5.91. The summed E-state index contributed by atoms with van der Waals surface area (Å²) in [5, 5.41) is 3.38. The Morgan fingerprint density at radius 2 is 1.54 bits per heavy atom. The molecule has 0 aliphatic carbocycles. The van der Waals surface area contributed by atoms with Gasteiger partial charge >= 0.3 is 0 Å². The van der Waals surface area contributed by atoms with Crippen LogP contribution in [-0.4, -0.2) is 19.6 Å². The van der Waals surface area contributed by atoms with Crippen LogP contribution in [0, 0.1) is 0 Å². The quantitative estimate of drug-likeness (QED) is 0.546. The molecule has 0 bridgehead atoms. The van der Waals surface area contributed by atoms with Crippen molar-refractivity contribution >= 4 is 0 Å². The summed E-state index contributed by atoms with van der Waals surface area (Å²) in [6, 6.07) is 0. The number of nitrogens with two attached hydrogens (primary N) is 1. The summed E-state index contributed by atoms with van der Waals surface area (Å²) in [6.07, 6.45) is 7.93. The first kappa shape index (κ1) is 15.4. The minimum atomic E-state index is 0. The molecule has 0 amide bonds. The molecule has 3 N–H and O–H groups in total. The third-order valence-corrected chi connectivity index (χ3v) is 2.01. The zero-order valence-corrected chi connectivity index (χ0v) is 8.44. The van der Waals surface area contributed by atoms with E-state index in [1.807, 2.05) is 0 Å². The van der Waals surface area contributed by atoms with Crippen LogP contribution in [0.4, 0.5) is 0 Å². The zero-order valence-electron chi connectivity index (χ0n) is 8.44. The molecule has 0 aliphatic heterocycles. The first-order valence-electron chi connectivity index (χ1n) is 5.32. The van der Waals surface area contributed by atoms with E-state index in [0.29, 0.717) is 0 Å². The van der Waals surface area contributed by atoms with E-state index in [-0.39, 0.29) is 7.43 Å². The maximum absolute atomic E-state index is 5.37. The molecule has 2 heteroatoms. The molecule has 0 aromatic rings. The number of unbranched alkanes of at least 4 members (excludes halogenated alkanes) is 4. The van der Waals surface area contributed by atoms with Gasteiger partial charge in [-0.2, -0.15) is 0 Å². The fraction of sp³-hybridized carbons (Fsp3) is 1.00. The Bertz CT molecular complexity index is 64.5. The van der Waals surface area contributed by atoms with Crippen LogP contribution in [0.15, 0.2) is 0 Å². The molecular weight excluding hydrogens is 160 g/mol. The summed E-state index contributed by atoms with van der Waals surface area (Å²) in [7, 11) is 0. The number of nitrogens with one attached hydrogen (secondary N) is 1. The van der Waals surface area contributed by atoms with E-state index in [0.717, 1.165) is 19.5 Å². The molecule has 13 heavy (non-hydrogen) atoms. The second kappa shape index (κ2) is 14.4. The van der Waals surface area contributed by atoms with Crippen LogP contribution >= 0.6 is 0 Å². The lowest BCUT2D eigenvalue weighted by Crippen LogP contribution is -2.19. The fourth-order valence-electron chi connectivity index (χ4n) is 1.21. The van der Waals surface area contributed by atoms with Crippen molar-refractivity contribution in [1.82, 2.24) is 5.32 Å². The minimum absolute atomic E-state index is 0. The SMILES string of the molecule is C.CCCCCCCNCCCN. The predicted molar refractivity (Wildman–Crippen MR) is 62.0 cm³/mol. The lowest BCUT2D eigenvalue weighted by Gasteiger charge is -2.02. The molecule has 0 saturated carbocycles. The highest BCUT2D eigenvalue weighted by molar-refractivity contribution is 4.49. The van der Waals surface area contributed by atoms with Crippen molar-refractivity contribution in [2.45, 2.75) is 52.9 Å². The molecule has 0 rings (SSSR count). The Kier molecular flexibility index (Phi) is 17.1. The molecular formula is C11H28N2. The normalized spacial score (nSPS) is 9.69. The number of hydrogen-bond donors (Lipinski definition) is 2. The smallest absolute Gasteiger partial charge is 0.00369 e. The van der Waals surface area contributed by atoms with Crippen LogP contribution in [0.3, 0.4) is 0 Å². The topological polar surface area (TPSA) is 38.0 Å². The van der Waals surface area contributed by atoms with Gasteiger partial charge in [-0.25, -0.2) is 0 Å². The van der Waals surface area contributed by atoms with Crippen molar-refractivity contribution in [3.8, 4) is 0 Å². The standard InChI is InChI=1S/C10H24N2.CH4/c1-2-3-4-5-6-9-12-10-7-8-11;/h12H,2-11H2,1H3;1H4. The Morgan fingerprint density at radius 3 is 2.15 bits per heavy atom. The van der Waals surface area contributed by atoms with E-state index in [2.05, 4.69) is 12.2 Å². The van der Waals surface area contributed by atoms with Crippen LogP contribution in [0.1, 0.15) is 52.9 Å². The van der Waals surface area contributed by atoms with Crippen molar-refractivity contribution < 1.29 is 0 Å². The average Bonchev–Trinajstić information content (AvgIpc) is 2.10. The summed E-state index contributed by atoms with van der Waals surface area (Å²) in [5.41, 5.74) is 5.37. The monoisotopic (exact) mass is 188 g/mol. The van der Waals surface area contributed by atoms with Gasteiger partial charge in [0.2, 0.25) is 0 Å².